The van der Waals surface area contributed by atoms with E-state index in [4.69, 9.17) is 14.6 Å². The van der Waals surface area contributed by atoms with Gasteiger partial charge in [-0.15, -0.1) is 0 Å². The van der Waals surface area contributed by atoms with E-state index in [2.05, 4.69) is 10.3 Å². The van der Waals surface area contributed by atoms with Crippen LogP contribution in [0, 0.1) is 0 Å². The molecule has 5 N–H and O–H groups in total. The first-order valence-corrected chi connectivity index (χ1v) is 6.58. The number of rotatable bonds is 4. The Morgan fingerprint density at radius 2 is 2.05 bits per heavy atom. The van der Waals surface area contributed by atoms with Gasteiger partial charge in [0, 0.05) is 13.1 Å². The molecule has 0 radical (unpaired) electrons. The molecule has 124 valence electrons. The van der Waals surface area contributed by atoms with Crippen molar-refractivity contribution in [3.63, 3.8) is 0 Å². The Morgan fingerprint density at radius 1 is 1.36 bits per heavy atom. The van der Waals surface area contributed by atoms with E-state index >= 15 is 0 Å². The summed E-state index contributed by atoms with van der Waals surface area (Å²) in [6, 6.07) is 1.20. The third-order valence-electron chi connectivity index (χ3n) is 3.46. The van der Waals surface area contributed by atoms with Gasteiger partial charge < -0.3 is 35.2 Å². The highest BCUT2D eigenvalue weighted by Crippen LogP contribution is 2.22. The summed E-state index contributed by atoms with van der Waals surface area (Å²) < 4.78 is 11.4. The molecule has 0 aliphatic carbocycles. The third-order valence-corrected chi connectivity index (χ3v) is 3.46. The summed E-state index contributed by atoms with van der Waals surface area (Å²) in [5, 5.41) is 41.1. The van der Waals surface area contributed by atoms with Gasteiger partial charge >= 0.3 is 6.01 Å². The fourth-order valence-corrected chi connectivity index (χ4v) is 2.14. The second-order valence-corrected chi connectivity index (χ2v) is 4.92. The number of hydrogen-bond donors (Lipinski definition) is 5. The number of methoxy groups -OCH3 is 1. The van der Waals surface area contributed by atoms with Crippen molar-refractivity contribution in [2.75, 3.05) is 19.0 Å². The van der Waals surface area contributed by atoms with Crippen LogP contribution in [0.1, 0.15) is 0 Å². The molecule has 10 heteroatoms. The lowest BCUT2D eigenvalue weighted by Crippen LogP contribution is -2.60. The Kier molecular flexibility index (Phi) is 4.98. The van der Waals surface area contributed by atoms with Crippen molar-refractivity contribution < 1.29 is 29.9 Å². The van der Waals surface area contributed by atoms with E-state index < -0.39 is 42.8 Å². The van der Waals surface area contributed by atoms with Crippen LogP contribution in [-0.2, 0) is 11.8 Å². The smallest absolute Gasteiger partial charge is 0.300 e. The Balaban J connectivity index is 2.22. The van der Waals surface area contributed by atoms with Gasteiger partial charge in [-0.05, 0) is 0 Å². The van der Waals surface area contributed by atoms with E-state index in [9.17, 15) is 20.1 Å². The molecule has 1 saturated heterocycles. The highest BCUT2D eigenvalue weighted by Gasteiger charge is 2.43. The first kappa shape index (κ1) is 16.6. The lowest BCUT2D eigenvalue weighted by molar-refractivity contribution is -0.221. The van der Waals surface area contributed by atoms with E-state index in [0.717, 1.165) is 6.07 Å². The summed E-state index contributed by atoms with van der Waals surface area (Å²) in [5.74, 6) is 0.0595. The van der Waals surface area contributed by atoms with Crippen LogP contribution in [0.25, 0.3) is 0 Å². The SMILES string of the molecule is COc1nc(N[C@@H]2O[C@@H](CO)[C@@H](O)[C@@H](O)[C@H]2O)cc(=O)n1C. The fourth-order valence-electron chi connectivity index (χ4n) is 2.14. The van der Waals surface area contributed by atoms with Gasteiger partial charge in [0.25, 0.3) is 5.56 Å². The molecule has 2 rings (SSSR count). The number of nitrogens with zero attached hydrogens (tertiary/aromatic N) is 2. The van der Waals surface area contributed by atoms with Gasteiger partial charge in [0.2, 0.25) is 0 Å². The van der Waals surface area contributed by atoms with Crippen LogP contribution in [0.4, 0.5) is 5.82 Å². The first-order valence-electron chi connectivity index (χ1n) is 6.58. The minimum Gasteiger partial charge on any atom is -0.468 e. The summed E-state index contributed by atoms with van der Waals surface area (Å²) in [7, 11) is 2.82. The highest BCUT2D eigenvalue weighted by molar-refractivity contribution is 5.36. The third kappa shape index (κ3) is 3.05. The van der Waals surface area contributed by atoms with Crippen molar-refractivity contribution in [2.24, 2.45) is 7.05 Å². The van der Waals surface area contributed by atoms with Crippen LogP contribution < -0.4 is 15.6 Å². The zero-order chi connectivity index (χ0) is 16.4. The van der Waals surface area contributed by atoms with E-state index in [1.54, 1.807) is 0 Å². The first-order chi connectivity index (χ1) is 10.4. The standard InChI is InChI=1S/C12H19N3O7/c1-15-7(17)3-6(14-12(15)21-2)13-11-10(20)9(19)8(18)5(4-16)22-11/h3,5,8-11,13,16,18-20H,4H2,1-2H3/t5-,8+,9+,10+,11+/m0/s1. The largest absolute Gasteiger partial charge is 0.468 e. The van der Waals surface area contributed by atoms with Crippen LogP contribution in [-0.4, -0.2) is 74.3 Å². The van der Waals surface area contributed by atoms with Gasteiger partial charge in [0.05, 0.1) is 13.7 Å². The molecule has 22 heavy (non-hydrogen) atoms. The highest BCUT2D eigenvalue weighted by atomic mass is 16.6. The number of hydrogen-bond acceptors (Lipinski definition) is 9. The molecule has 1 aliphatic rings. The molecule has 10 nitrogen and oxygen atoms in total. The molecule has 2 heterocycles. The second kappa shape index (κ2) is 6.58. The lowest BCUT2D eigenvalue weighted by Gasteiger charge is -2.40. The van der Waals surface area contributed by atoms with E-state index in [1.165, 1.54) is 18.7 Å². The van der Waals surface area contributed by atoms with Crippen LogP contribution in [0.3, 0.4) is 0 Å². The Labute approximate surface area is 125 Å². The molecule has 1 fully saturated rings. The van der Waals surface area contributed by atoms with Crippen molar-refractivity contribution in [3.8, 4) is 6.01 Å². The number of anilines is 1. The van der Waals surface area contributed by atoms with E-state index in [0.29, 0.717) is 0 Å². The van der Waals surface area contributed by atoms with Crippen molar-refractivity contribution in [3.05, 3.63) is 16.4 Å². The molecule has 0 amide bonds. The fraction of sp³-hybridized carbons (Fsp3) is 0.667. The zero-order valence-corrected chi connectivity index (χ0v) is 12.1. The Hall–Kier alpha value is -1.72. The minimum absolute atomic E-state index is 0.0413. The molecular weight excluding hydrogens is 298 g/mol. The van der Waals surface area contributed by atoms with Gasteiger partial charge in [-0.1, -0.05) is 0 Å². The average molecular weight is 317 g/mol. The Morgan fingerprint density at radius 3 is 2.64 bits per heavy atom. The van der Waals surface area contributed by atoms with E-state index in [1.807, 2.05) is 0 Å². The van der Waals surface area contributed by atoms with Gasteiger partial charge in [-0.25, -0.2) is 0 Å². The van der Waals surface area contributed by atoms with Crippen molar-refractivity contribution in [1.29, 1.82) is 0 Å². The summed E-state index contributed by atoms with van der Waals surface area (Å²) >= 11 is 0. The molecule has 5 atom stereocenters. The molecule has 0 saturated carbocycles. The number of nitrogens with one attached hydrogen (secondary N) is 1. The van der Waals surface area contributed by atoms with Crippen LogP contribution >= 0.6 is 0 Å². The molecule has 1 aromatic heterocycles. The maximum Gasteiger partial charge on any atom is 0.300 e. The van der Waals surface area contributed by atoms with Gasteiger partial charge in [0.15, 0.2) is 6.23 Å². The van der Waals surface area contributed by atoms with Gasteiger partial charge in [0.1, 0.15) is 30.2 Å². The van der Waals surface area contributed by atoms with E-state index in [-0.39, 0.29) is 11.8 Å². The van der Waals surface area contributed by atoms with Crippen molar-refractivity contribution in [2.45, 2.75) is 30.6 Å². The molecule has 1 aromatic rings. The van der Waals surface area contributed by atoms with Crippen LogP contribution in [0.2, 0.25) is 0 Å². The summed E-state index contributed by atoms with van der Waals surface area (Å²) in [4.78, 5) is 15.8. The maximum absolute atomic E-state index is 11.7. The predicted octanol–water partition coefficient (Wildman–Crippen LogP) is -3.00. The van der Waals surface area contributed by atoms with Gasteiger partial charge in [-0.2, -0.15) is 4.98 Å². The molecule has 0 aromatic carbocycles. The summed E-state index contributed by atoms with van der Waals surface area (Å²) in [6.07, 6.45) is -6.67. The Bertz CT molecular complexity index is 576. The van der Waals surface area contributed by atoms with Crippen molar-refractivity contribution >= 4 is 5.82 Å². The molecule has 0 bridgehead atoms. The quantitative estimate of drug-likeness (QED) is 0.392. The van der Waals surface area contributed by atoms with Crippen LogP contribution in [0.5, 0.6) is 6.01 Å². The normalized spacial score (nSPS) is 31.8. The molecule has 0 spiro atoms. The number of aliphatic hydroxyl groups is 4. The second-order valence-electron chi connectivity index (χ2n) is 4.92. The topological polar surface area (TPSA) is 146 Å². The molecule has 1 aliphatic heterocycles. The zero-order valence-electron chi connectivity index (χ0n) is 12.1. The average Bonchev–Trinajstić information content (AvgIpc) is 2.51. The van der Waals surface area contributed by atoms with Crippen LogP contribution in [0.15, 0.2) is 10.9 Å². The predicted molar refractivity (Wildman–Crippen MR) is 73.4 cm³/mol. The number of ether oxygens (including phenoxy) is 2. The number of aromatic nitrogens is 2. The summed E-state index contributed by atoms with van der Waals surface area (Å²) in [5.41, 5.74) is -0.404. The van der Waals surface area contributed by atoms with Crippen molar-refractivity contribution in [1.82, 2.24) is 9.55 Å². The minimum atomic E-state index is -1.52. The molecule has 0 unspecified atom stereocenters. The number of aliphatic hydroxyl groups excluding tert-OH is 4. The molecular formula is C12H19N3O7. The monoisotopic (exact) mass is 317 g/mol. The maximum atomic E-state index is 11.7. The lowest BCUT2D eigenvalue weighted by atomic mass is 9.98. The summed E-state index contributed by atoms with van der Waals surface area (Å²) in [6.45, 7) is -0.545. The van der Waals surface area contributed by atoms with Gasteiger partial charge in [-0.3, -0.25) is 9.36 Å².